The lowest BCUT2D eigenvalue weighted by molar-refractivity contribution is -0.141. The van der Waals surface area contributed by atoms with Gasteiger partial charge in [0.15, 0.2) is 0 Å². The van der Waals surface area contributed by atoms with Crippen LogP contribution in [0.15, 0.2) is 41.8 Å². The van der Waals surface area contributed by atoms with Crippen LogP contribution in [0.1, 0.15) is 42.8 Å². The average molecular weight is 371 g/mol. The topological polar surface area (TPSA) is 40.6 Å². The molecule has 3 rings (SSSR count). The van der Waals surface area contributed by atoms with E-state index in [9.17, 15) is 9.59 Å². The van der Waals surface area contributed by atoms with E-state index in [1.54, 1.807) is 16.2 Å². The Labute approximate surface area is 159 Å². The number of benzene rings is 1. The molecule has 0 bridgehead atoms. The van der Waals surface area contributed by atoms with Gasteiger partial charge in [0, 0.05) is 24.9 Å². The summed E-state index contributed by atoms with van der Waals surface area (Å²) >= 11 is 1.76. The molecule has 0 radical (unpaired) electrons. The summed E-state index contributed by atoms with van der Waals surface area (Å²) in [5.74, 6) is 0.310. The van der Waals surface area contributed by atoms with Gasteiger partial charge in [0.1, 0.15) is 0 Å². The van der Waals surface area contributed by atoms with Gasteiger partial charge in [0.05, 0.1) is 12.6 Å². The SMILES string of the molecule is CC(=O)N(CC(=O)N1CCc2sccc2[C@@H]1c1ccccc1)CC(C)C. The maximum absolute atomic E-state index is 13.1. The second kappa shape index (κ2) is 8.04. The highest BCUT2D eigenvalue weighted by Gasteiger charge is 2.33. The van der Waals surface area contributed by atoms with Crippen molar-refractivity contribution < 1.29 is 9.59 Å². The quantitative estimate of drug-likeness (QED) is 0.805. The van der Waals surface area contributed by atoms with Crippen LogP contribution in [-0.2, 0) is 16.0 Å². The molecule has 1 aliphatic heterocycles. The van der Waals surface area contributed by atoms with Crippen LogP contribution in [0.5, 0.6) is 0 Å². The lowest BCUT2D eigenvalue weighted by Crippen LogP contribution is -2.47. The molecular weight excluding hydrogens is 344 g/mol. The number of carbonyl (C=O) groups is 2. The number of hydrogen-bond donors (Lipinski definition) is 0. The average Bonchev–Trinajstić information content (AvgIpc) is 3.09. The summed E-state index contributed by atoms with van der Waals surface area (Å²) in [5.41, 5.74) is 2.34. The third-order valence-electron chi connectivity index (χ3n) is 4.76. The van der Waals surface area contributed by atoms with E-state index >= 15 is 0 Å². The predicted octanol–water partition coefficient (Wildman–Crippen LogP) is 3.73. The summed E-state index contributed by atoms with van der Waals surface area (Å²) in [6.07, 6.45) is 0.881. The fourth-order valence-corrected chi connectivity index (χ4v) is 4.48. The Hall–Kier alpha value is -2.14. The fourth-order valence-electron chi connectivity index (χ4n) is 3.58. The number of rotatable bonds is 5. The molecule has 0 saturated carbocycles. The minimum Gasteiger partial charge on any atom is -0.333 e. The molecule has 0 spiro atoms. The zero-order valence-corrected chi connectivity index (χ0v) is 16.5. The van der Waals surface area contributed by atoms with Crippen molar-refractivity contribution in [2.75, 3.05) is 19.6 Å². The maximum atomic E-state index is 13.1. The Kier molecular flexibility index (Phi) is 5.77. The molecule has 1 aromatic carbocycles. The molecule has 1 aliphatic rings. The minimum absolute atomic E-state index is 0.0200. The number of amides is 2. The first-order chi connectivity index (χ1) is 12.5. The van der Waals surface area contributed by atoms with Crippen LogP contribution in [0.3, 0.4) is 0 Å². The van der Waals surface area contributed by atoms with Gasteiger partial charge in [0.25, 0.3) is 0 Å². The van der Waals surface area contributed by atoms with E-state index < -0.39 is 0 Å². The number of hydrogen-bond acceptors (Lipinski definition) is 3. The number of nitrogens with zero attached hydrogens (tertiary/aromatic N) is 2. The van der Waals surface area contributed by atoms with Crippen LogP contribution in [0.4, 0.5) is 0 Å². The Bertz CT molecular complexity index is 769. The molecule has 0 unspecified atom stereocenters. The largest absolute Gasteiger partial charge is 0.333 e. The highest BCUT2D eigenvalue weighted by atomic mass is 32.1. The van der Waals surface area contributed by atoms with Gasteiger partial charge in [0.2, 0.25) is 11.8 Å². The second-order valence-electron chi connectivity index (χ2n) is 7.24. The smallest absolute Gasteiger partial charge is 0.242 e. The Morgan fingerprint density at radius 2 is 1.96 bits per heavy atom. The third-order valence-corrected chi connectivity index (χ3v) is 5.76. The van der Waals surface area contributed by atoms with Gasteiger partial charge >= 0.3 is 0 Å². The molecule has 138 valence electrons. The van der Waals surface area contributed by atoms with Gasteiger partial charge in [-0.2, -0.15) is 0 Å². The molecule has 0 aliphatic carbocycles. The van der Waals surface area contributed by atoms with E-state index in [0.29, 0.717) is 19.0 Å². The normalized spacial score (nSPS) is 16.5. The molecule has 1 atom stereocenters. The van der Waals surface area contributed by atoms with Gasteiger partial charge in [-0.05, 0) is 34.9 Å². The first kappa shape index (κ1) is 18.6. The van der Waals surface area contributed by atoms with E-state index in [2.05, 4.69) is 37.4 Å². The molecule has 0 saturated heterocycles. The highest BCUT2D eigenvalue weighted by Crippen LogP contribution is 2.37. The molecule has 1 aromatic heterocycles. The molecule has 26 heavy (non-hydrogen) atoms. The van der Waals surface area contributed by atoms with Gasteiger partial charge in [-0.1, -0.05) is 44.2 Å². The summed E-state index contributed by atoms with van der Waals surface area (Å²) in [6, 6.07) is 12.2. The first-order valence-electron chi connectivity index (χ1n) is 9.13. The van der Waals surface area contributed by atoms with Crippen LogP contribution >= 0.6 is 11.3 Å². The Morgan fingerprint density at radius 1 is 1.23 bits per heavy atom. The van der Waals surface area contributed by atoms with Crippen molar-refractivity contribution in [1.29, 1.82) is 0 Å². The van der Waals surface area contributed by atoms with Gasteiger partial charge in [-0.3, -0.25) is 9.59 Å². The summed E-state index contributed by atoms with van der Waals surface area (Å²) in [7, 11) is 0. The summed E-state index contributed by atoms with van der Waals surface area (Å²) in [4.78, 5) is 30.1. The predicted molar refractivity (Wildman–Crippen MR) is 105 cm³/mol. The lowest BCUT2D eigenvalue weighted by atomic mass is 9.93. The van der Waals surface area contributed by atoms with Crippen LogP contribution in [0.2, 0.25) is 0 Å². The second-order valence-corrected chi connectivity index (χ2v) is 8.24. The Morgan fingerprint density at radius 3 is 2.62 bits per heavy atom. The van der Waals surface area contributed by atoms with Crippen LogP contribution in [0, 0.1) is 5.92 Å². The van der Waals surface area contributed by atoms with Crippen molar-refractivity contribution in [3.05, 3.63) is 57.8 Å². The van der Waals surface area contributed by atoms with E-state index in [-0.39, 0.29) is 24.4 Å². The van der Waals surface area contributed by atoms with E-state index in [1.165, 1.54) is 17.4 Å². The molecule has 4 nitrogen and oxygen atoms in total. The number of fused-ring (bicyclic) bond motifs is 1. The lowest BCUT2D eigenvalue weighted by Gasteiger charge is -2.37. The minimum atomic E-state index is -0.0634. The molecule has 2 heterocycles. The Balaban J connectivity index is 1.87. The van der Waals surface area contributed by atoms with Crippen LogP contribution in [0.25, 0.3) is 0 Å². The van der Waals surface area contributed by atoms with Crippen molar-refractivity contribution in [3.8, 4) is 0 Å². The summed E-state index contributed by atoms with van der Waals surface area (Å²) in [5, 5.41) is 2.11. The van der Waals surface area contributed by atoms with Crippen molar-refractivity contribution in [2.24, 2.45) is 5.92 Å². The standard InChI is InChI=1S/C21H26N2O2S/c1-15(2)13-22(16(3)24)14-20(25)23-11-9-19-18(10-12-26-19)21(23)17-7-5-4-6-8-17/h4-8,10,12,15,21H,9,11,13-14H2,1-3H3/t21-/m0/s1. The van der Waals surface area contributed by atoms with Crippen molar-refractivity contribution >= 4 is 23.2 Å². The van der Waals surface area contributed by atoms with E-state index in [1.807, 2.05) is 23.1 Å². The molecule has 5 heteroatoms. The molecule has 0 N–H and O–H groups in total. The van der Waals surface area contributed by atoms with Gasteiger partial charge < -0.3 is 9.80 Å². The van der Waals surface area contributed by atoms with Gasteiger partial charge in [-0.25, -0.2) is 0 Å². The van der Waals surface area contributed by atoms with E-state index in [4.69, 9.17) is 0 Å². The van der Waals surface area contributed by atoms with E-state index in [0.717, 1.165) is 12.0 Å². The summed E-state index contributed by atoms with van der Waals surface area (Å²) in [6.45, 7) is 7.11. The zero-order valence-electron chi connectivity index (χ0n) is 15.6. The molecule has 0 fully saturated rings. The zero-order chi connectivity index (χ0) is 18.7. The fraction of sp³-hybridized carbons (Fsp3) is 0.429. The maximum Gasteiger partial charge on any atom is 0.242 e. The van der Waals surface area contributed by atoms with Crippen molar-refractivity contribution in [3.63, 3.8) is 0 Å². The molecular formula is C21H26N2O2S. The molecule has 2 aromatic rings. The first-order valence-corrected chi connectivity index (χ1v) is 10.0. The van der Waals surface area contributed by atoms with Crippen molar-refractivity contribution in [1.82, 2.24) is 9.80 Å². The summed E-state index contributed by atoms with van der Waals surface area (Å²) < 4.78 is 0. The van der Waals surface area contributed by atoms with Crippen molar-refractivity contribution in [2.45, 2.75) is 33.2 Å². The molecule has 2 amide bonds. The third kappa shape index (κ3) is 3.98. The monoisotopic (exact) mass is 370 g/mol. The van der Waals surface area contributed by atoms with Crippen LogP contribution < -0.4 is 0 Å². The van der Waals surface area contributed by atoms with Gasteiger partial charge in [-0.15, -0.1) is 11.3 Å². The number of carbonyl (C=O) groups excluding carboxylic acids is 2. The van der Waals surface area contributed by atoms with Crippen LogP contribution in [-0.4, -0.2) is 41.2 Å². The number of thiophene rings is 1. The highest BCUT2D eigenvalue weighted by molar-refractivity contribution is 7.10.